The molecule has 0 saturated heterocycles. The number of aromatic nitrogens is 2. The average Bonchev–Trinajstić information content (AvgIpc) is 2.35. The molecular weight excluding hydrogens is 228 g/mol. The van der Waals surface area contributed by atoms with Crippen LogP contribution in [-0.4, -0.2) is 16.6 Å². The first-order chi connectivity index (χ1) is 8.70. The number of ether oxygens (including phenoxy) is 1. The Labute approximate surface area is 106 Å². The highest BCUT2D eigenvalue weighted by Gasteiger charge is 2.08. The van der Waals surface area contributed by atoms with Crippen molar-refractivity contribution in [1.82, 2.24) is 9.97 Å². The summed E-state index contributed by atoms with van der Waals surface area (Å²) in [4.78, 5) is 8.03. The van der Waals surface area contributed by atoms with Gasteiger partial charge in [0.05, 0.1) is 12.3 Å². The quantitative estimate of drug-likeness (QED) is 0.860. The summed E-state index contributed by atoms with van der Waals surface area (Å²) in [6.45, 7) is 2.72. The number of para-hydroxylation sites is 1. The second kappa shape index (κ2) is 5.35. The number of nitrogen functional groups attached to an aromatic ring is 2. The van der Waals surface area contributed by atoms with Crippen LogP contribution in [0.5, 0.6) is 5.75 Å². The van der Waals surface area contributed by atoms with Crippen LogP contribution in [0.4, 0.5) is 11.8 Å². The first-order valence-corrected chi connectivity index (χ1v) is 5.83. The zero-order valence-electron chi connectivity index (χ0n) is 10.3. The molecule has 0 bridgehead atoms. The summed E-state index contributed by atoms with van der Waals surface area (Å²) in [6.07, 6.45) is 0.947. The largest absolute Gasteiger partial charge is 0.493 e. The predicted molar refractivity (Wildman–Crippen MR) is 72.1 cm³/mol. The molecule has 0 aliphatic rings. The molecule has 0 aliphatic heterocycles. The van der Waals surface area contributed by atoms with Gasteiger partial charge in [0.15, 0.2) is 0 Å². The molecule has 4 N–H and O–H groups in total. The number of rotatable bonds is 4. The molecule has 18 heavy (non-hydrogen) atoms. The highest BCUT2D eigenvalue weighted by atomic mass is 16.5. The van der Waals surface area contributed by atoms with E-state index < -0.39 is 0 Å². The van der Waals surface area contributed by atoms with Gasteiger partial charge in [0, 0.05) is 11.6 Å². The fourth-order valence-electron chi connectivity index (χ4n) is 1.64. The molecule has 1 aromatic heterocycles. The van der Waals surface area contributed by atoms with Gasteiger partial charge in [-0.3, -0.25) is 0 Å². The summed E-state index contributed by atoms with van der Waals surface area (Å²) in [5.74, 6) is 1.29. The van der Waals surface area contributed by atoms with Gasteiger partial charge in [-0.1, -0.05) is 19.1 Å². The van der Waals surface area contributed by atoms with Crippen molar-refractivity contribution in [3.8, 4) is 17.0 Å². The summed E-state index contributed by atoms with van der Waals surface area (Å²) in [7, 11) is 0. The zero-order valence-corrected chi connectivity index (χ0v) is 10.3. The van der Waals surface area contributed by atoms with E-state index in [1.54, 1.807) is 6.07 Å². The number of hydrogen-bond donors (Lipinski definition) is 2. The van der Waals surface area contributed by atoms with Gasteiger partial charge in [0.1, 0.15) is 11.6 Å². The van der Waals surface area contributed by atoms with Crippen LogP contribution in [0.1, 0.15) is 13.3 Å². The molecule has 0 amide bonds. The van der Waals surface area contributed by atoms with Crippen molar-refractivity contribution in [3.63, 3.8) is 0 Å². The van der Waals surface area contributed by atoms with Gasteiger partial charge in [0.2, 0.25) is 5.95 Å². The van der Waals surface area contributed by atoms with E-state index in [0.29, 0.717) is 18.1 Å². The minimum Gasteiger partial charge on any atom is -0.493 e. The van der Waals surface area contributed by atoms with Crippen LogP contribution in [0.15, 0.2) is 30.3 Å². The zero-order chi connectivity index (χ0) is 13.0. The van der Waals surface area contributed by atoms with Crippen LogP contribution >= 0.6 is 0 Å². The average molecular weight is 244 g/mol. The third-order valence-corrected chi connectivity index (χ3v) is 2.39. The molecule has 2 aromatic rings. The van der Waals surface area contributed by atoms with Crippen LogP contribution in [-0.2, 0) is 0 Å². The third-order valence-electron chi connectivity index (χ3n) is 2.39. The van der Waals surface area contributed by atoms with Gasteiger partial charge in [0.25, 0.3) is 0 Å². The number of benzene rings is 1. The summed E-state index contributed by atoms with van der Waals surface area (Å²) >= 11 is 0. The van der Waals surface area contributed by atoms with Crippen molar-refractivity contribution in [2.24, 2.45) is 0 Å². The molecule has 0 atom stereocenters. The maximum absolute atomic E-state index is 5.68. The molecule has 0 saturated carbocycles. The van der Waals surface area contributed by atoms with E-state index in [0.717, 1.165) is 17.7 Å². The lowest BCUT2D eigenvalue weighted by Crippen LogP contribution is -2.02. The summed E-state index contributed by atoms with van der Waals surface area (Å²) in [5.41, 5.74) is 12.8. The van der Waals surface area contributed by atoms with E-state index in [1.165, 1.54) is 0 Å². The van der Waals surface area contributed by atoms with Crippen LogP contribution in [0, 0.1) is 0 Å². The molecular formula is C13H16N4O. The van der Waals surface area contributed by atoms with Crippen molar-refractivity contribution in [2.75, 3.05) is 18.1 Å². The van der Waals surface area contributed by atoms with Crippen molar-refractivity contribution in [2.45, 2.75) is 13.3 Å². The van der Waals surface area contributed by atoms with Gasteiger partial charge < -0.3 is 16.2 Å². The molecule has 1 heterocycles. The molecule has 5 nitrogen and oxygen atoms in total. The standard InChI is InChI=1S/C13H16N4O/c1-2-7-18-11-6-4-3-5-9(11)10-8-12(14)17-13(15)16-10/h3-6,8H,2,7H2,1H3,(H4,14,15,16,17). The Bertz CT molecular complexity index is 522. The topological polar surface area (TPSA) is 87.0 Å². The van der Waals surface area contributed by atoms with Crippen LogP contribution in [0.2, 0.25) is 0 Å². The third kappa shape index (κ3) is 2.68. The maximum Gasteiger partial charge on any atom is 0.222 e. The lowest BCUT2D eigenvalue weighted by molar-refractivity contribution is 0.318. The van der Waals surface area contributed by atoms with Crippen molar-refractivity contribution in [1.29, 1.82) is 0 Å². The summed E-state index contributed by atoms with van der Waals surface area (Å²) < 4.78 is 5.68. The van der Waals surface area contributed by atoms with Crippen LogP contribution in [0.25, 0.3) is 11.3 Å². The molecule has 0 spiro atoms. The predicted octanol–water partition coefficient (Wildman–Crippen LogP) is 2.10. The number of hydrogen-bond acceptors (Lipinski definition) is 5. The van der Waals surface area contributed by atoms with Gasteiger partial charge in [-0.25, -0.2) is 4.98 Å². The Morgan fingerprint density at radius 2 is 1.94 bits per heavy atom. The van der Waals surface area contributed by atoms with E-state index in [2.05, 4.69) is 16.9 Å². The van der Waals surface area contributed by atoms with Gasteiger partial charge in [-0.2, -0.15) is 4.98 Å². The SMILES string of the molecule is CCCOc1ccccc1-c1cc(N)nc(N)n1. The fourth-order valence-corrected chi connectivity index (χ4v) is 1.64. The minimum atomic E-state index is 0.162. The van der Waals surface area contributed by atoms with E-state index in [1.807, 2.05) is 24.3 Å². The van der Waals surface area contributed by atoms with Gasteiger partial charge in [-0.15, -0.1) is 0 Å². The second-order valence-corrected chi connectivity index (χ2v) is 3.88. The Morgan fingerprint density at radius 3 is 2.67 bits per heavy atom. The molecule has 94 valence electrons. The molecule has 0 fully saturated rings. The minimum absolute atomic E-state index is 0.162. The number of nitrogens with two attached hydrogens (primary N) is 2. The summed E-state index contributed by atoms with van der Waals surface area (Å²) in [5, 5.41) is 0. The smallest absolute Gasteiger partial charge is 0.222 e. The van der Waals surface area contributed by atoms with E-state index in [9.17, 15) is 0 Å². The molecule has 0 radical (unpaired) electrons. The molecule has 1 aromatic carbocycles. The maximum atomic E-state index is 5.68. The Morgan fingerprint density at radius 1 is 1.17 bits per heavy atom. The highest BCUT2D eigenvalue weighted by molar-refractivity contribution is 5.69. The highest BCUT2D eigenvalue weighted by Crippen LogP contribution is 2.29. The van der Waals surface area contributed by atoms with Crippen molar-refractivity contribution >= 4 is 11.8 Å². The lowest BCUT2D eigenvalue weighted by Gasteiger charge is -2.10. The molecule has 0 unspecified atom stereocenters. The molecule has 5 heteroatoms. The molecule has 0 aliphatic carbocycles. The van der Waals surface area contributed by atoms with Gasteiger partial charge >= 0.3 is 0 Å². The Balaban J connectivity index is 2.42. The number of nitrogens with zero attached hydrogens (tertiary/aromatic N) is 2. The monoisotopic (exact) mass is 244 g/mol. The van der Waals surface area contributed by atoms with E-state index in [4.69, 9.17) is 16.2 Å². The Hall–Kier alpha value is -2.30. The first-order valence-electron chi connectivity index (χ1n) is 5.83. The lowest BCUT2D eigenvalue weighted by atomic mass is 10.1. The second-order valence-electron chi connectivity index (χ2n) is 3.88. The van der Waals surface area contributed by atoms with E-state index >= 15 is 0 Å². The van der Waals surface area contributed by atoms with Crippen LogP contribution in [0.3, 0.4) is 0 Å². The van der Waals surface area contributed by atoms with Gasteiger partial charge in [-0.05, 0) is 18.6 Å². The fraction of sp³-hybridized carbons (Fsp3) is 0.231. The summed E-state index contributed by atoms with van der Waals surface area (Å²) in [6, 6.07) is 9.35. The van der Waals surface area contributed by atoms with Crippen molar-refractivity contribution < 1.29 is 4.74 Å². The van der Waals surface area contributed by atoms with Crippen molar-refractivity contribution in [3.05, 3.63) is 30.3 Å². The number of anilines is 2. The normalized spacial score (nSPS) is 10.3. The van der Waals surface area contributed by atoms with E-state index in [-0.39, 0.29) is 5.95 Å². The van der Waals surface area contributed by atoms with Crippen LogP contribution < -0.4 is 16.2 Å². The Kier molecular flexibility index (Phi) is 3.62. The molecule has 2 rings (SSSR count). The first kappa shape index (κ1) is 12.2.